The van der Waals surface area contributed by atoms with E-state index in [1.54, 1.807) is 12.1 Å². The van der Waals surface area contributed by atoms with Gasteiger partial charge in [-0.3, -0.25) is 10.1 Å². The number of rotatable bonds is 7. The SMILES string of the molecule is CCCc1nnc(NC(=O)c2nc(S(=O)(=O)Cc3ccccc3C)ncc2Cl)s1. The van der Waals surface area contributed by atoms with Gasteiger partial charge in [-0.15, -0.1) is 10.2 Å². The number of aromatic nitrogens is 4. The second kappa shape index (κ2) is 8.93. The monoisotopic (exact) mass is 451 g/mol. The average molecular weight is 452 g/mol. The van der Waals surface area contributed by atoms with Gasteiger partial charge in [0, 0.05) is 6.42 Å². The van der Waals surface area contributed by atoms with Crippen LogP contribution in [0, 0.1) is 6.92 Å². The molecule has 0 saturated carbocycles. The molecule has 0 spiro atoms. The van der Waals surface area contributed by atoms with Crippen LogP contribution in [0.5, 0.6) is 0 Å². The molecule has 8 nitrogen and oxygen atoms in total. The number of amides is 1. The van der Waals surface area contributed by atoms with Gasteiger partial charge in [0.2, 0.25) is 20.1 Å². The predicted molar refractivity (Wildman–Crippen MR) is 111 cm³/mol. The van der Waals surface area contributed by atoms with Gasteiger partial charge < -0.3 is 0 Å². The predicted octanol–water partition coefficient (Wildman–Crippen LogP) is 3.47. The highest BCUT2D eigenvalue weighted by Crippen LogP contribution is 2.21. The van der Waals surface area contributed by atoms with Crippen molar-refractivity contribution in [1.82, 2.24) is 20.2 Å². The number of benzene rings is 1. The molecule has 152 valence electrons. The van der Waals surface area contributed by atoms with Crippen molar-refractivity contribution in [3.63, 3.8) is 0 Å². The summed E-state index contributed by atoms with van der Waals surface area (Å²) in [5.41, 5.74) is 1.23. The number of hydrogen-bond acceptors (Lipinski definition) is 8. The fourth-order valence-electron chi connectivity index (χ4n) is 2.48. The number of hydrogen-bond donors (Lipinski definition) is 1. The Kier molecular flexibility index (Phi) is 6.56. The summed E-state index contributed by atoms with van der Waals surface area (Å²) in [6.45, 7) is 3.83. The van der Waals surface area contributed by atoms with E-state index < -0.39 is 20.9 Å². The second-order valence-corrected chi connectivity index (χ2v) is 9.59. The van der Waals surface area contributed by atoms with Crippen molar-refractivity contribution in [2.45, 2.75) is 37.6 Å². The number of nitrogens with zero attached hydrogens (tertiary/aromatic N) is 4. The summed E-state index contributed by atoms with van der Waals surface area (Å²) in [7, 11) is -3.87. The quantitative estimate of drug-likeness (QED) is 0.547. The van der Waals surface area contributed by atoms with E-state index in [4.69, 9.17) is 11.6 Å². The third kappa shape index (κ3) is 5.14. The van der Waals surface area contributed by atoms with Gasteiger partial charge in [0.25, 0.3) is 5.91 Å². The van der Waals surface area contributed by atoms with Crippen molar-refractivity contribution in [3.05, 3.63) is 57.3 Å². The minimum atomic E-state index is -3.87. The average Bonchev–Trinajstić information content (AvgIpc) is 3.11. The molecular formula is C18H18ClN5O3S2. The zero-order chi connectivity index (χ0) is 21.0. The number of anilines is 1. The van der Waals surface area contributed by atoms with Crippen LogP contribution >= 0.6 is 22.9 Å². The van der Waals surface area contributed by atoms with Crippen molar-refractivity contribution in [2.24, 2.45) is 0 Å². The molecular weight excluding hydrogens is 434 g/mol. The van der Waals surface area contributed by atoms with Crippen LogP contribution in [0.2, 0.25) is 5.02 Å². The third-order valence-electron chi connectivity index (χ3n) is 3.97. The van der Waals surface area contributed by atoms with Crippen LogP contribution in [0.15, 0.2) is 35.6 Å². The summed E-state index contributed by atoms with van der Waals surface area (Å²) in [4.78, 5) is 20.3. The van der Waals surface area contributed by atoms with Crippen LogP contribution in [0.4, 0.5) is 5.13 Å². The first-order valence-electron chi connectivity index (χ1n) is 8.73. The molecule has 2 heterocycles. The summed E-state index contributed by atoms with van der Waals surface area (Å²) < 4.78 is 25.5. The summed E-state index contributed by atoms with van der Waals surface area (Å²) >= 11 is 7.28. The van der Waals surface area contributed by atoms with Crippen molar-refractivity contribution >= 4 is 43.8 Å². The normalized spacial score (nSPS) is 11.4. The third-order valence-corrected chi connectivity index (χ3v) is 6.59. The van der Waals surface area contributed by atoms with Crippen LogP contribution in [0.25, 0.3) is 0 Å². The molecule has 2 aromatic heterocycles. The Balaban J connectivity index is 1.84. The van der Waals surface area contributed by atoms with Crippen molar-refractivity contribution in [2.75, 3.05) is 5.32 Å². The molecule has 0 aliphatic heterocycles. The highest BCUT2D eigenvalue weighted by atomic mass is 35.5. The van der Waals surface area contributed by atoms with Crippen LogP contribution in [0.1, 0.15) is 40.0 Å². The first-order valence-corrected chi connectivity index (χ1v) is 11.6. The molecule has 1 amide bonds. The molecule has 3 aromatic rings. The lowest BCUT2D eigenvalue weighted by Crippen LogP contribution is -2.18. The molecule has 0 bridgehead atoms. The fraction of sp³-hybridized carbons (Fsp3) is 0.278. The van der Waals surface area contributed by atoms with Crippen LogP contribution in [-0.4, -0.2) is 34.5 Å². The van der Waals surface area contributed by atoms with E-state index in [1.807, 2.05) is 26.0 Å². The van der Waals surface area contributed by atoms with E-state index >= 15 is 0 Å². The smallest absolute Gasteiger partial charge is 0.277 e. The van der Waals surface area contributed by atoms with Crippen molar-refractivity contribution < 1.29 is 13.2 Å². The summed E-state index contributed by atoms with van der Waals surface area (Å²) in [5.74, 6) is -0.956. The lowest BCUT2D eigenvalue weighted by Gasteiger charge is -2.08. The molecule has 0 radical (unpaired) electrons. The van der Waals surface area contributed by atoms with E-state index in [0.717, 1.165) is 29.6 Å². The molecule has 1 aromatic carbocycles. The molecule has 0 atom stereocenters. The Morgan fingerprint density at radius 3 is 2.72 bits per heavy atom. The summed E-state index contributed by atoms with van der Waals surface area (Å²) in [5, 5.41) is 11.0. The highest BCUT2D eigenvalue weighted by molar-refractivity contribution is 7.90. The molecule has 0 aliphatic rings. The Bertz CT molecular complexity index is 1150. The lowest BCUT2D eigenvalue weighted by atomic mass is 10.1. The number of carbonyl (C=O) groups is 1. The minimum Gasteiger partial charge on any atom is -0.295 e. The largest absolute Gasteiger partial charge is 0.295 e. The van der Waals surface area contributed by atoms with Gasteiger partial charge >= 0.3 is 0 Å². The van der Waals surface area contributed by atoms with E-state index in [0.29, 0.717) is 5.56 Å². The van der Waals surface area contributed by atoms with Gasteiger partial charge in [0.15, 0.2) is 5.69 Å². The number of nitrogens with one attached hydrogen (secondary N) is 1. The Labute approximate surface area is 177 Å². The van der Waals surface area contributed by atoms with Gasteiger partial charge in [-0.1, -0.05) is 54.1 Å². The Morgan fingerprint density at radius 1 is 1.24 bits per heavy atom. The second-order valence-electron chi connectivity index (χ2n) is 6.24. The first-order chi connectivity index (χ1) is 13.8. The van der Waals surface area contributed by atoms with E-state index in [2.05, 4.69) is 25.5 Å². The minimum absolute atomic E-state index is 0.0596. The molecule has 29 heavy (non-hydrogen) atoms. The fourth-order valence-corrected chi connectivity index (χ4v) is 4.80. The van der Waals surface area contributed by atoms with Gasteiger partial charge in [0.1, 0.15) is 5.01 Å². The van der Waals surface area contributed by atoms with Crippen LogP contribution < -0.4 is 5.32 Å². The molecule has 0 saturated heterocycles. The maximum atomic E-state index is 12.8. The summed E-state index contributed by atoms with van der Waals surface area (Å²) in [6.07, 6.45) is 2.77. The zero-order valence-electron chi connectivity index (χ0n) is 15.7. The Hall–Kier alpha value is -2.43. The van der Waals surface area contributed by atoms with Crippen LogP contribution in [-0.2, 0) is 22.0 Å². The lowest BCUT2D eigenvalue weighted by molar-refractivity contribution is 0.102. The molecule has 0 fully saturated rings. The van der Waals surface area contributed by atoms with Gasteiger partial charge in [-0.2, -0.15) is 0 Å². The number of sulfone groups is 1. The number of carbonyl (C=O) groups excluding carboxylic acids is 1. The van der Waals surface area contributed by atoms with Crippen molar-refractivity contribution in [1.29, 1.82) is 0 Å². The number of halogens is 1. The molecule has 1 N–H and O–H groups in total. The standard InChI is InChI=1S/C18H18ClN5O3S2/c1-3-6-14-23-24-17(28-14)22-16(25)15-13(19)9-20-18(21-15)29(26,27)10-12-8-5-4-7-11(12)2/h4-5,7-9H,3,6,10H2,1-2H3,(H,22,24,25). The number of aryl methyl sites for hydroxylation is 2. The van der Waals surface area contributed by atoms with E-state index in [9.17, 15) is 13.2 Å². The van der Waals surface area contributed by atoms with E-state index in [-0.39, 0.29) is 21.6 Å². The zero-order valence-corrected chi connectivity index (χ0v) is 18.1. The topological polar surface area (TPSA) is 115 Å². The van der Waals surface area contributed by atoms with Crippen LogP contribution in [0.3, 0.4) is 0 Å². The van der Waals surface area contributed by atoms with Gasteiger partial charge in [-0.05, 0) is 24.5 Å². The Morgan fingerprint density at radius 2 is 2.00 bits per heavy atom. The first kappa shape index (κ1) is 21.3. The van der Waals surface area contributed by atoms with E-state index in [1.165, 1.54) is 11.3 Å². The van der Waals surface area contributed by atoms with Gasteiger partial charge in [0.05, 0.1) is 17.0 Å². The molecule has 3 rings (SSSR count). The maximum Gasteiger partial charge on any atom is 0.277 e. The molecule has 0 unspecified atom stereocenters. The molecule has 11 heteroatoms. The maximum absolute atomic E-state index is 12.8. The summed E-state index contributed by atoms with van der Waals surface area (Å²) in [6, 6.07) is 7.13. The van der Waals surface area contributed by atoms with Crippen molar-refractivity contribution in [3.8, 4) is 0 Å². The molecule has 0 aliphatic carbocycles. The van der Waals surface area contributed by atoms with Gasteiger partial charge in [-0.25, -0.2) is 18.4 Å². The highest BCUT2D eigenvalue weighted by Gasteiger charge is 2.24.